The van der Waals surface area contributed by atoms with Gasteiger partial charge in [-0.25, -0.2) is 4.98 Å². The van der Waals surface area contributed by atoms with E-state index in [9.17, 15) is 9.59 Å². The molecule has 0 fully saturated rings. The van der Waals surface area contributed by atoms with Gasteiger partial charge < -0.3 is 16.0 Å². The van der Waals surface area contributed by atoms with Crippen molar-refractivity contribution in [1.29, 1.82) is 0 Å². The Hall–Kier alpha value is -1.82. The van der Waals surface area contributed by atoms with E-state index in [2.05, 4.69) is 10.3 Å². The van der Waals surface area contributed by atoms with Crippen molar-refractivity contribution in [3.8, 4) is 0 Å². The van der Waals surface area contributed by atoms with Crippen molar-refractivity contribution in [2.24, 2.45) is 11.7 Å². The lowest BCUT2D eigenvalue weighted by molar-refractivity contribution is -0.120. The number of aromatic nitrogens is 1. The van der Waals surface area contributed by atoms with E-state index < -0.39 is 11.8 Å². The molecular formula is C11H15ClN4O2. The van der Waals surface area contributed by atoms with Crippen LogP contribution in [0, 0.1) is 5.92 Å². The van der Waals surface area contributed by atoms with Crippen molar-refractivity contribution in [3.05, 3.63) is 17.8 Å². The Morgan fingerprint density at radius 3 is 2.72 bits per heavy atom. The summed E-state index contributed by atoms with van der Waals surface area (Å²) in [7, 11) is 3.67. The van der Waals surface area contributed by atoms with Crippen molar-refractivity contribution in [2.45, 2.75) is 0 Å². The van der Waals surface area contributed by atoms with E-state index in [1.807, 2.05) is 20.2 Å². The third-order valence-electron chi connectivity index (χ3n) is 2.73. The molecule has 0 saturated heterocycles. The molecule has 6 nitrogen and oxygen atoms in total. The van der Waals surface area contributed by atoms with Gasteiger partial charge in [-0.15, -0.1) is 12.4 Å². The fourth-order valence-electron chi connectivity index (χ4n) is 1.73. The molecule has 1 aliphatic rings. The average molecular weight is 271 g/mol. The largest absolute Gasteiger partial charge is 0.382 e. The number of rotatable bonds is 2. The number of Topliss-reactive ketones (excluding diaryl/α,β-unsaturated/α-hetero) is 1. The zero-order valence-electron chi connectivity index (χ0n) is 10.1. The van der Waals surface area contributed by atoms with Crippen LogP contribution in [0.15, 0.2) is 12.1 Å². The number of anilines is 2. The SMILES string of the molecule is CN(C)c1ccc2c(n1)C(=O)C(C(N)=O)CN2.Cl. The molecule has 2 heterocycles. The first kappa shape index (κ1) is 14.2. The molecule has 1 aromatic heterocycles. The molecule has 0 bridgehead atoms. The summed E-state index contributed by atoms with van der Waals surface area (Å²) in [6.45, 7) is 0.240. The molecule has 1 atom stereocenters. The monoisotopic (exact) mass is 270 g/mol. The fourth-order valence-corrected chi connectivity index (χ4v) is 1.73. The maximum absolute atomic E-state index is 12.0. The number of primary amides is 1. The minimum Gasteiger partial charge on any atom is -0.382 e. The second-order valence-corrected chi connectivity index (χ2v) is 4.16. The molecule has 0 aromatic carbocycles. The van der Waals surface area contributed by atoms with Gasteiger partial charge >= 0.3 is 0 Å². The number of ketones is 1. The highest BCUT2D eigenvalue weighted by atomic mass is 35.5. The summed E-state index contributed by atoms with van der Waals surface area (Å²) in [5.74, 6) is -1.09. The van der Waals surface area contributed by atoms with Crippen LogP contribution in [0.4, 0.5) is 11.5 Å². The van der Waals surface area contributed by atoms with Crippen LogP contribution in [0.3, 0.4) is 0 Å². The molecule has 0 saturated carbocycles. The van der Waals surface area contributed by atoms with E-state index in [1.54, 1.807) is 11.0 Å². The van der Waals surface area contributed by atoms with Crippen LogP contribution >= 0.6 is 12.4 Å². The summed E-state index contributed by atoms with van der Waals surface area (Å²) >= 11 is 0. The molecule has 1 unspecified atom stereocenters. The molecule has 18 heavy (non-hydrogen) atoms. The normalized spacial score (nSPS) is 17.2. The Kier molecular flexibility index (Phi) is 4.13. The van der Waals surface area contributed by atoms with Crippen molar-refractivity contribution in [1.82, 2.24) is 4.98 Å². The predicted octanol–water partition coefficient (Wildman–Crippen LogP) is 0.279. The van der Waals surface area contributed by atoms with Gasteiger partial charge in [-0.3, -0.25) is 9.59 Å². The molecular weight excluding hydrogens is 256 g/mol. The van der Waals surface area contributed by atoms with Crippen LogP contribution in [-0.4, -0.2) is 37.3 Å². The van der Waals surface area contributed by atoms with Crippen molar-refractivity contribution in [3.63, 3.8) is 0 Å². The third kappa shape index (κ3) is 2.38. The highest BCUT2D eigenvalue weighted by Crippen LogP contribution is 2.25. The van der Waals surface area contributed by atoms with Gasteiger partial charge in [0.05, 0.1) is 5.69 Å². The van der Waals surface area contributed by atoms with E-state index in [1.165, 1.54) is 0 Å². The Morgan fingerprint density at radius 1 is 1.50 bits per heavy atom. The maximum Gasteiger partial charge on any atom is 0.230 e. The minimum absolute atomic E-state index is 0. The van der Waals surface area contributed by atoms with Gasteiger partial charge in [0.2, 0.25) is 5.91 Å². The predicted molar refractivity (Wildman–Crippen MR) is 71.3 cm³/mol. The topological polar surface area (TPSA) is 88.3 Å². The van der Waals surface area contributed by atoms with Gasteiger partial charge in [-0.05, 0) is 12.1 Å². The van der Waals surface area contributed by atoms with Crippen LogP contribution < -0.4 is 16.0 Å². The molecule has 2 rings (SSSR count). The molecule has 3 N–H and O–H groups in total. The number of nitrogens with one attached hydrogen (secondary N) is 1. The molecule has 7 heteroatoms. The molecule has 1 aliphatic heterocycles. The highest BCUT2D eigenvalue weighted by molar-refractivity contribution is 6.13. The van der Waals surface area contributed by atoms with Gasteiger partial charge in [0.15, 0.2) is 5.78 Å². The van der Waals surface area contributed by atoms with Gasteiger partial charge in [-0.2, -0.15) is 0 Å². The Balaban J connectivity index is 0.00000162. The number of amides is 1. The van der Waals surface area contributed by atoms with Crippen molar-refractivity contribution < 1.29 is 9.59 Å². The standard InChI is InChI=1S/C11H14N4O2.ClH/c1-15(2)8-4-3-7-9(14-8)10(16)6(5-13-7)11(12)17;/h3-4,6,13H,5H2,1-2H3,(H2,12,17);1H. The zero-order chi connectivity index (χ0) is 12.6. The lowest BCUT2D eigenvalue weighted by Gasteiger charge is -2.23. The van der Waals surface area contributed by atoms with E-state index >= 15 is 0 Å². The molecule has 0 spiro atoms. The number of hydrogen-bond acceptors (Lipinski definition) is 5. The number of fused-ring (bicyclic) bond motifs is 1. The summed E-state index contributed by atoms with van der Waals surface area (Å²) in [6.07, 6.45) is 0. The zero-order valence-corrected chi connectivity index (χ0v) is 11.0. The van der Waals surface area contributed by atoms with E-state index in [0.29, 0.717) is 11.5 Å². The molecule has 0 aliphatic carbocycles. The average Bonchev–Trinajstić information content (AvgIpc) is 2.28. The lowest BCUT2D eigenvalue weighted by Crippen LogP contribution is -2.39. The number of pyridine rings is 1. The Morgan fingerprint density at radius 2 is 2.17 bits per heavy atom. The smallest absolute Gasteiger partial charge is 0.230 e. The summed E-state index contributed by atoms with van der Waals surface area (Å²) in [6, 6.07) is 3.59. The summed E-state index contributed by atoms with van der Waals surface area (Å²) in [5.41, 5.74) is 6.11. The Labute approximate surface area is 111 Å². The van der Waals surface area contributed by atoms with E-state index in [-0.39, 0.29) is 30.4 Å². The van der Waals surface area contributed by atoms with E-state index in [0.717, 1.165) is 0 Å². The first-order valence-electron chi connectivity index (χ1n) is 5.26. The van der Waals surface area contributed by atoms with Gasteiger partial charge in [0.25, 0.3) is 0 Å². The number of nitrogens with zero attached hydrogens (tertiary/aromatic N) is 2. The molecule has 98 valence electrons. The number of nitrogens with two attached hydrogens (primary N) is 1. The lowest BCUT2D eigenvalue weighted by atomic mass is 9.95. The molecule has 0 radical (unpaired) electrons. The van der Waals surface area contributed by atoms with Crippen molar-refractivity contribution in [2.75, 3.05) is 30.9 Å². The van der Waals surface area contributed by atoms with Crippen LogP contribution in [0.2, 0.25) is 0 Å². The first-order valence-corrected chi connectivity index (χ1v) is 5.26. The number of carbonyl (C=O) groups excluding carboxylic acids is 2. The summed E-state index contributed by atoms with van der Waals surface area (Å²) < 4.78 is 0. The van der Waals surface area contributed by atoms with Crippen LogP contribution in [0.25, 0.3) is 0 Å². The number of carbonyl (C=O) groups is 2. The second kappa shape index (κ2) is 5.22. The van der Waals surface area contributed by atoms with Crippen LogP contribution in [0.1, 0.15) is 10.5 Å². The molecule has 1 aromatic rings. The second-order valence-electron chi connectivity index (χ2n) is 4.16. The first-order chi connectivity index (χ1) is 8.00. The third-order valence-corrected chi connectivity index (χ3v) is 2.73. The summed E-state index contributed by atoms with van der Waals surface area (Å²) in [5, 5.41) is 2.99. The van der Waals surface area contributed by atoms with E-state index in [4.69, 9.17) is 5.73 Å². The highest BCUT2D eigenvalue weighted by Gasteiger charge is 2.32. The Bertz CT molecular complexity index is 490. The van der Waals surface area contributed by atoms with Gasteiger partial charge in [0.1, 0.15) is 17.4 Å². The quantitative estimate of drug-likeness (QED) is 0.754. The van der Waals surface area contributed by atoms with Crippen molar-refractivity contribution >= 4 is 35.6 Å². The van der Waals surface area contributed by atoms with Crippen LogP contribution in [-0.2, 0) is 4.79 Å². The number of halogens is 1. The number of hydrogen-bond donors (Lipinski definition) is 2. The van der Waals surface area contributed by atoms with Gasteiger partial charge in [-0.1, -0.05) is 0 Å². The molecule has 1 amide bonds. The van der Waals surface area contributed by atoms with Gasteiger partial charge in [0, 0.05) is 20.6 Å². The maximum atomic E-state index is 12.0. The fraction of sp³-hybridized carbons (Fsp3) is 0.364. The minimum atomic E-state index is -0.826. The van der Waals surface area contributed by atoms with Crippen LogP contribution in [0.5, 0.6) is 0 Å². The summed E-state index contributed by atoms with van der Waals surface area (Å²) in [4.78, 5) is 29.2.